The smallest absolute Gasteiger partial charge is 0.340 e. The number of rotatable bonds is 4. The molecule has 0 fully saturated rings. The second-order valence-electron chi connectivity index (χ2n) is 8.63. The topological polar surface area (TPSA) is 141 Å². The summed E-state index contributed by atoms with van der Waals surface area (Å²) in [6.45, 7) is 4.59. The van der Waals surface area contributed by atoms with Gasteiger partial charge in [0.2, 0.25) is 11.5 Å². The van der Waals surface area contributed by atoms with E-state index in [-0.39, 0.29) is 51.2 Å². The van der Waals surface area contributed by atoms with E-state index in [4.69, 9.17) is 28.4 Å². The summed E-state index contributed by atoms with van der Waals surface area (Å²) in [5.74, 6) is -4.79. The third-order valence-electron chi connectivity index (χ3n) is 5.89. The van der Waals surface area contributed by atoms with Crippen LogP contribution in [0.3, 0.4) is 0 Å². The van der Waals surface area contributed by atoms with Gasteiger partial charge in [-0.15, -0.1) is 0 Å². The Morgan fingerprint density at radius 2 is 1.08 bits per heavy atom. The highest BCUT2D eigenvalue weighted by atomic mass is 16.6. The van der Waals surface area contributed by atoms with Gasteiger partial charge < -0.3 is 28.4 Å². The van der Waals surface area contributed by atoms with Crippen LogP contribution in [0.2, 0.25) is 0 Å². The summed E-state index contributed by atoms with van der Waals surface area (Å²) < 4.78 is 33.6. The predicted octanol–water partition coefficient (Wildman–Crippen LogP) is 3.96. The Kier molecular flexibility index (Phi) is 6.06. The Morgan fingerprint density at radius 1 is 0.615 bits per heavy atom. The zero-order valence-electron chi connectivity index (χ0n) is 21.1. The molecule has 2 aliphatic rings. The van der Waals surface area contributed by atoms with Gasteiger partial charge in [0.05, 0.1) is 16.7 Å². The fraction of sp³-hybridized carbons (Fsp3) is 0.179. The van der Waals surface area contributed by atoms with Crippen molar-refractivity contribution in [3.05, 3.63) is 70.8 Å². The van der Waals surface area contributed by atoms with E-state index < -0.39 is 35.4 Å². The molecule has 0 atom stereocenters. The average molecular weight is 532 g/mol. The molecule has 2 aliphatic heterocycles. The summed E-state index contributed by atoms with van der Waals surface area (Å²) in [4.78, 5) is 61.0. The maximum atomic E-state index is 13.1. The summed E-state index contributed by atoms with van der Waals surface area (Å²) >= 11 is 0. The molecule has 0 bridgehead atoms. The highest BCUT2D eigenvalue weighted by Gasteiger charge is 2.55. The minimum absolute atomic E-state index is 0.155. The van der Waals surface area contributed by atoms with Crippen LogP contribution in [0, 0.1) is 0 Å². The molecule has 39 heavy (non-hydrogen) atoms. The summed E-state index contributed by atoms with van der Waals surface area (Å²) in [6.07, 6.45) is 0. The van der Waals surface area contributed by atoms with Crippen LogP contribution in [0.15, 0.2) is 48.5 Å². The van der Waals surface area contributed by atoms with Gasteiger partial charge in [0.25, 0.3) is 0 Å². The number of hydrogen-bond acceptors (Lipinski definition) is 11. The van der Waals surface area contributed by atoms with Crippen molar-refractivity contribution >= 4 is 29.8 Å². The molecule has 1 spiro atoms. The molecule has 11 nitrogen and oxygen atoms in total. The van der Waals surface area contributed by atoms with Crippen LogP contribution in [0.25, 0.3) is 0 Å². The minimum Gasteiger partial charge on any atom is -0.448 e. The quantitative estimate of drug-likeness (QED) is 0.356. The summed E-state index contributed by atoms with van der Waals surface area (Å²) in [5, 5.41) is 0. The molecule has 5 rings (SSSR count). The molecule has 0 aliphatic carbocycles. The van der Waals surface area contributed by atoms with Crippen LogP contribution in [0.1, 0.15) is 54.7 Å². The Hall–Kier alpha value is -5.19. The van der Waals surface area contributed by atoms with Gasteiger partial charge in [0.1, 0.15) is 0 Å². The van der Waals surface area contributed by atoms with Gasteiger partial charge in [-0.3, -0.25) is 19.2 Å². The van der Waals surface area contributed by atoms with Crippen molar-refractivity contribution in [1.29, 1.82) is 0 Å². The van der Waals surface area contributed by atoms with E-state index in [0.717, 1.165) is 27.7 Å². The Balaban J connectivity index is 1.90. The second-order valence-corrected chi connectivity index (χ2v) is 8.63. The van der Waals surface area contributed by atoms with Gasteiger partial charge >= 0.3 is 29.8 Å². The zero-order chi connectivity index (χ0) is 28.1. The lowest BCUT2D eigenvalue weighted by atomic mass is 9.77. The lowest BCUT2D eigenvalue weighted by Gasteiger charge is -2.37. The van der Waals surface area contributed by atoms with Gasteiger partial charge in [-0.25, -0.2) is 4.79 Å². The van der Waals surface area contributed by atoms with Crippen molar-refractivity contribution in [2.75, 3.05) is 0 Å². The fourth-order valence-electron chi connectivity index (χ4n) is 4.66. The van der Waals surface area contributed by atoms with Crippen molar-refractivity contribution in [2.24, 2.45) is 0 Å². The number of fused-ring (bicyclic) bond motifs is 6. The molecule has 3 aromatic carbocycles. The lowest BCUT2D eigenvalue weighted by molar-refractivity contribution is -0.134. The number of ether oxygens (including phenoxy) is 6. The standard InChI is InChI=1S/C28H20O11/c1-13(29)34-21-11-9-19-23(25(21)36-15(3)31)38-24-20(10-12-22(35-14(2)30)26(24)37-16(4)32)28(19)18-8-6-5-7-17(18)27(33)39-28/h5-12H,1-4H3. The highest BCUT2D eigenvalue weighted by molar-refractivity contribution is 5.97. The van der Waals surface area contributed by atoms with Crippen LogP contribution in [0.5, 0.6) is 34.5 Å². The Morgan fingerprint density at radius 3 is 1.54 bits per heavy atom. The molecule has 11 heteroatoms. The van der Waals surface area contributed by atoms with Crippen LogP contribution < -0.4 is 23.7 Å². The normalized spacial score (nSPS) is 13.7. The van der Waals surface area contributed by atoms with Crippen molar-refractivity contribution < 1.29 is 52.4 Å². The third kappa shape index (κ3) is 4.13. The fourth-order valence-corrected chi connectivity index (χ4v) is 4.66. The monoisotopic (exact) mass is 532 g/mol. The summed E-state index contributed by atoms with van der Waals surface area (Å²) in [7, 11) is 0. The molecule has 198 valence electrons. The van der Waals surface area contributed by atoms with Crippen molar-refractivity contribution in [3.8, 4) is 34.5 Å². The van der Waals surface area contributed by atoms with E-state index in [0.29, 0.717) is 5.56 Å². The molecule has 0 aromatic heterocycles. The first-order valence-corrected chi connectivity index (χ1v) is 11.6. The van der Waals surface area contributed by atoms with Crippen LogP contribution >= 0.6 is 0 Å². The van der Waals surface area contributed by atoms with Gasteiger partial charge in [-0.05, 0) is 30.3 Å². The summed E-state index contributed by atoms with van der Waals surface area (Å²) in [6, 6.07) is 12.4. The van der Waals surface area contributed by atoms with Crippen molar-refractivity contribution in [3.63, 3.8) is 0 Å². The number of carbonyl (C=O) groups is 5. The molecule has 3 aromatic rings. The average Bonchev–Trinajstić information content (AvgIpc) is 3.14. The molecule has 0 radical (unpaired) electrons. The van der Waals surface area contributed by atoms with E-state index in [1.807, 2.05) is 0 Å². The second kappa shape index (κ2) is 9.28. The van der Waals surface area contributed by atoms with Crippen LogP contribution in [0.4, 0.5) is 0 Å². The Bertz CT molecular complexity index is 1520. The first kappa shape index (κ1) is 25.5. The van der Waals surface area contributed by atoms with Gasteiger partial charge in [0, 0.05) is 33.3 Å². The van der Waals surface area contributed by atoms with E-state index in [2.05, 4.69) is 0 Å². The van der Waals surface area contributed by atoms with E-state index in [1.54, 1.807) is 24.3 Å². The van der Waals surface area contributed by atoms with Gasteiger partial charge in [-0.2, -0.15) is 0 Å². The van der Waals surface area contributed by atoms with E-state index in [1.165, 1.54) is 24.3 Å². The molecule has 0 saturated carbocycles. The largest absolute Gasteiger partial charge is 0.448 e. The van der Waals surface area contributed by atoms with E-state index in [9.17, 15) is 24.0 Å². The summed E-state index contributed by atoms with van der Waals surface area (Å²) in [5.41, 5.74) is -0.538. The Labute approximate surface area is 221 Å². The van der Waals surface area contributed by atoms with Gasteiger partial charge in [0.15, 0.2) is 28.6 Å². The highest BCUT2D eigenvalue weighted by Crippen LogP contribution is 2.62. The van der Waals surface area contributed by atoms with Crippen molar-refractivity contribution in [2.45, 2.75) is 33.3 Å². The molecule has 0 N–H and O–H groups in total. The van der Waals surface area contributed by atoms with Crippen LogP contribution in [-0.2, 0) is 29.5 Å². The maximum Gasteiger partial charge on any atom is 0.340 e. The minimum atomic E-state index is -1.68. The van der Waals surface area contributed by atoms with Gasteiger partial charge in [-0.1, -0.05) is 18.2 Å². The zero-order valence-corrected chi connectivity index (χ0v) is 21.1. The SMILES string of the molecule is CC(=O)Oc1ccc2c(c1OC(C)=O)Oc1c(ccc(OC(C)=O)c1OC(C)=O)C21OC(=O)c2ccccc21. The molecule has 0 amide bonds. The first-order valence-electron chi connectivity index (χ1n) is 11.6. The molecular weight excluding hydrogens is 512 g/mol. The number of carbonyl (C=O) groups excluding carboxylic acids is 5. The molecule has 0 unspecified atom stereocenters. The predicted molar refractivity (Wildman–Crippen MR) is 130 cm³/mol. The van der Waals surface area contributed by atoms with Crippen molar-refractivity contribution in [1.82, 2.24) is 0 Å². The maximum absolute atomic E-state index is 13.1. The molecular formula is C28H20O11. The first-order chi connectivity index (χ1) is 18.5. The number of hydrogen-bond donors (Lipinski definition) is 0. The number of benzene rings is 3. The van der Waals surface area contributed by atoms with E-state index >= 15 is 0 Å². The molecule has 0 saturated heterocycles. The number of esters is 5. The van der Waals surface area contributed by atoms with Crippen LogP contribution in [-0.4, -0.2) is 29.8 Å². The molecule has 2 heterocycles. The third-order valence-corrected chi connectivity index (χ3v) is 5.89. The lowest BCUT2D eigenvalue weighted by Crippen LogP contribution is -2.33.